The first-order chi connectivity index (χ1) is 7.65. The molecule has 16 heavy (non-hydrogen) atoms. The molecule has 1 aromatic carbocycles. The summed E-state index contributed by atoms with van der Waals surface area (Å²) >= 11 is 0. The van der Waals surface area contributed by atoms with E-state index in [4.69, 9.17) is 9.52 Å². The molecule has 1 heterocycles. The normalized spacial score (nSPS) is 11.2. The molecule has 2 N–H and O–H groups in total. The summed E-state index contributed by atoms with van der Waals surface area (Å²) in [6, 6.07) is 5.22. The molecule has 0 unspecified atom stereocenters. The van der Waals surface area contributed by atoms with Gasteiger partial charge in [0.2, 0.25) is 0 Å². The van der Waals surface area contributed by atoms with Crippen LogP contribution in [0.4, 0.5) is 0 Å². The van der Waals surface area contributed by atoms with Gasteiger partial charge in [-0.15, -0.1) is 0 Å². The summed E-state index contributed by atoms with van der Waals surface area (Å²) in [5.74, 6) is -1.47. The standard InChI is InChI=1S/C11H9NO4/c13-10(14)3-1-2-7-4-5-9-8(6-7)12-11(15)16-9/h1,3-6H,2H2,(H,12,15)(H,13,14)/b3-1+. The van der Waals surface area contributed by atoms with Gasteiger partial charge in [-0.05, 0) is 24.1 Å². The van der Waals surface area contributed by atoms with E-state index in [1.54, 1.807) is 24.3 Å². The molecule has 0 fully saturated rings. The Bertz CT molecular complexity index is 606. The highest BCUT2D eigenvalue weighted by molar-refractivity contribution is 5.79. The first kappa shape index (κ1) is 10.2. The minimum absolute atomic E-state index is 0.492. The number of carboxylic acids is 1. The van der Waals surface area contributed by atoms with Gasteiger partial charge in [0.05, 0.1) is 5.52 Å². The fraction of sp³-hybridized carbons (Fsp3) is 0.0909. The van der Waals surface area contributed by atoms with Crippen molar-refractivity contribution in [3.8, 4) is 0 Å². The summed E-state index contributed by atoms with van der Waals surface area (Å²) < 4.78 is 4.84. The zero-order valence-corrected chi connectivity index (χ0v) is 8.27. The number of rotatable bonds is 3. The van der Waals surface area contributed by atoms with Crippen molar-refractivity contribution in [2.24, 2.45) is 0 Å². The van der Waals surface area contributed by atoms with E-state index in [1.807, 2.05) is 0 Å². The van der Waals surface area contributed by atoms with Crippen molar-refractivity contribution in [3.05, 3.63) is 46.5 Å². The molecule has 2 aromatic rings. The Morgan fingerprint density at radius 2 is 2.31 bits per heavy atom. The largest absolute Gasteiger partial charge is 0.478 e. The van der Waals surface area contributed by atoms with Crippen LogP contribution in [0, 0.1) is 0 Å². The summed E-state index contributed by atoms with van der Waals surface area (Å²) in [6.07, 6.45) is 3.12. The SMILES string of the molecule is O=C(O)/C=C/Cc1ccc2oc(=O)[nH]c2c1. The molecule has 0 radical (unpaired) electrons. The Kier molecular flexibility index (Phi) is 2.59. The molecule has 0 saturated carbocycles. The highest BCUT2D eigenvalue weighted by atomic mass is 16.4. The van der Waals surface area contributed by atoms with Gasteiger partial charge in [0.15, 0.2) is 5.58 Å². The number of carboxylic acid groups (broad SMARTS) is 1. The number of H-pyrrole nitrogens is 1. The monoisotopic (exact) mass is 219 g/mol. The van der Waals surface area contributed by atoms with Gasteiger partial charge < -0.3 is 9.52 Å². The smallest absolute Gasteiger partial charge is 0.417 e. The van der Waals surface area contributed by atoms with Crippen LogP contribution >= 0.6 is 0 Å². The average molecular weight is 219 g/mol. The number of aliphatic carboxylic acids is 1. The Hall–Kier alpha value is -2.30. The second-order valence-corrected chi connectivity index (χ2v) is 3.29. The number of hydrogen-bond donors (Lipinski definition) is 2. The number of aromatic amines is 1. The number of hydrogen-bond acceptors (Lipinski definition) is 3. The van der Waals surface area contributed by atoms with E-state index in [1.165, 1.54) is 0 Å². The molecule has 1 aromatic heterocycles. The molecule has 5 heteroatoms. The zero-order valence-electron chi connectivity index (χ0n) is 8.27. The molecule has 0 aliphatic heterocycles. The minimum Gasteiger partial charge on any atom is -0.478 e. The number of carbonyl (C=O) groups is 1. The van der Waals surface area contributed by atoms with Crippen LogP contribution in [0.2, 0.25) is 0 Å². The maximum absolute atomic E-state index is 10.9. The topological polar surface area (TPSA) is 83.3 Å². The van der Waals surface area contributed by atoms with Crippen LogP contribution in [0.1, 0.15) is 5.56 Å². The van der Waals surface area contributed by atoms with Crippen LogP contribution in [0.5, 0.6) is 0 Å². The zero-order chi connectivity index (χ0) is 11.5. The molecular weight excluding hydrogens is 210 g/mol. The maximum Gasteiger partial charge on any atom is 0.417 e. The number of aromatic nitrogens is 1. The molecule has 0 aliphatic carbocycles. The van der Waals surface area contributed by atoms with Gasteiger partial charge in [0, 0.05) is 6.08 Å². The highest BCUT2D eigenvalue weighted by Crippen LogP contribution is 2.12. The molecule has 0 amide bonds. The van der Waals surface area contributed by atoms with Crippen LogP contribution in [0.15, 0.2) is 39.6 Å². The molecule has 5 nitrogen and oxygen atoms in total. The van der Waals surface area contributed by atoms with Crippen molar-refractivity contribution in [1.29, 1.82) is 0 Å². The Labute approximate surface area is 90.0 Å². The van der Waals surface area contributed by atoms with Crippen LogP contribution < -0.4 is 5.76 Å². The number of benzene rings is 1. The minimum atomic E-state index is -0.974. The predicted molar refractivity (Wildman–Crippen MR) is 57.3 cm³/mol. The van der Waals surface area contributed by atoms with Gasteiger partial charge in [0.25, 0.3) is 0 Å². The van der Waals surface area contributed by atoms with E-state index in [2.05, 4.69) is 4.98 Å². The molecule has 82 valence electrons. The lowest BCUT2D eigenvalue weighted by Crippen LogP contribution is -1.93. The van der Waals surface area contributed by atoms with Crippen molar-refractivity contribution in [1.82, 2.24) is 4.98 Å². The quantitative estimate of drug-likeness (QED) is 0.762. The van der Waals surface area contributed by atoms with Gasteiger partial charge in [-0.25, -0.2) is 9.59 Å². The highest BCUT2D eigenvalue weighted by Gasteiger charge is 2.00. The molecular formula is C11H9NO4. The second-order valence-electron chi connectivity index (χ2n) is 3.29. The third kappa shape index (κ3) is 2.20. The van der Waals surface area contributed by atoms with Crippen molar-refractivity contribution in [2.45, 2.75) is 6.42 Å². The van der Waals surface area contributed by atoms with E-state index in [-0.39, 0.29) is 0 Å². The third-order valence-electron chi connectivity index (χ3n) is 2.10. The lowest BCUT2D eigenvalue weighted by atomic mass is 10.1. The Morgan fingerprint density at radius 3 is 3.06 bits per heavy atom. The molecule has 0 spiro atoms. The fourth-order valence-corrected chi connectivity index (χ4v) is 1.42. The molecule has 0 bridgehead atoms. The van der Waals surface area contributed by atoms with E-state index in [9.17, 15) is 9.59 Å². The van der Waals surface area contributed by atoms with Gasteiger partial charge >= 0.3 is 11.7 Å². The molecule has 0 saturated heterocycles. The van der Waals surface area contributed by atoms with Gasteiger partial charge in [-0.2, -0.15) is 0 Å². The summed E-state index contributed by atoms with van der Waals surface area (Å²) in [5, 5.41) is 8.42. The van der Waals surface area contributed by atoms with Crippen LogP contribution in [-0.4, -0.2) is 16.1 Å². The van der Waals surface area contributed by atoms with Crippen LogP contribution in [0.3, 0.4) is 0 Å². The lowest BCUT2D eigenvalue weighted by molar-refractivity contribution is -0.131. The summed E-state index contributed by atoms with van der Waals surface area (Å²) in [6.45, 7) is 0. The van der Waals surface area contributed by atoms with E-state index in [0.29, 0.717) is 17.5 Å². The maximum atomic E-state index is 10.9. The van der Waals surface area contributed by atoms with E-state index >= 15 is 0 Å². The van der Waals surface area contributed by atoms with Gasteiger partial charge in [-0.3, -0.25) is 4.98 Å². The number of fused-ring (bicyclic) bond motifs is 1. The first-order valence-corrected chi connectivity index (χ1v) is 4.66. The second kappa shape index (κ2) is 4.06. The summed E-state index contributed by atoms with van der Waals surface area (Å²) in [4.78, 5) is 23.7. The van der Waals surface area contributed by atoms with E-state index < -0.39 is 11.7 Å². The predicted octanol–water partition coefficient (Wildman–Crippen LogP) is 1.30. The first-order valence-electron chi connectivity index (χ1n) is 4.66. The fourth-order valence-electron chi connectivity index (χ4n) is 1.42. The summed E-state index contributed by atoms with van der Waals surface area (Å²) in [5.41, 5.74) is 2.02. The molecule has 2 rings (SSSR count). The van der Waals surface area contributed by atoms with E-state index in [0.717, 1.165) is 11.6 Å². The molecule has 0 aliphatic rings. The lowest BCUT2D eigenvalue weighted by Gasteiger charge is -1.94. The van der Waals surface area contributed by atoms with Crippen molar-refractivity contribution in [3.63, 3.8) is 0 Å². The number of oxazole rings is 1. The van der Waals surface area contributed by atoms with Crippen molar-refractivity contribution < 1.29 is 14.3 Å². The van der Waals surface area contributed by atoms with Crippen molar-refractivity contribution in [2.75, 3.05) is 0 Å². The Balaban J connectivity index is 2.25. The van der Waals surface area contributed by atoms with Gasteiger partial charge in [-0.1, -0.05) is 12.1 Å². The van der Waals surface area contributed by atoms with Crippen LogP contribution in [0.25, 0.3) is 11.1 Å². The average Bonchev–Trinajstić information content (AvgIpc) is 2.56. The molecule has 0 atom stereocenters. The third-order valence-corrected chi connectivity index (χ3v) is 2.10. The summed E-state index contributed by atoms with van der Waals surface area (Å²) in [7, 11) is 0. The van der Waals surface area contributed by atoms with Gasteiger partial charge in [0.1, 0.15) is 0 Å². The number of nitrogens with one attached hydrogen (secondary N) is 1. The van der Waals surface area contributed by atoms with Crippen molar-refractivity contribution >= 4 is 17.1 Å². The number of allylic oxidation sites excluding steroid dienone is 1. The Morgan fingerprint density at radius 1 is 1.50 bits per heavy atom. The van der Waals surface area contributed by atoms with Crippen LogP contribution in [-0.2, 0) is 11.2 Å².